The van der Waals surface area contributed by atoms with Gasteiger partial charge in [0.1, 0.15) is 10.2 Å². The smallest absolute Gasteiger partial charge is 0.335 e. The molecule has 1 fully saturated rings. The van der Waals surface area contributed by atoms with Gasteiger partial charge in [-0.1, -0.05) is 15.5 Å². The van der Waals surface area contributed by atoms with E-state index in [9.17, 15) is 9.00 Å². The lowest BCUT2D eigenvalue weighted by Crippen LogP contribution is -2.37. The van der Waals surface area contributed by atoms with Crippen LogP contribution in [0.3, 0.4) is 0 Å². The standard InChI is InChI=1S/C11H13NO3S2/c13-11(14)9-2-1-3-10(8-9)12-4-6-17(16-15)7-5-12/h1-3,8H,4-7H2,(H,13,14). The molecule has 0 aliphatic carbocycles. The number of hydrogen-bond acceptors (Lipinski definition) is 3. The number of carbonyl (C=O) groups is 1. The maximum atomic E-state index is 10.9. The summed E-state index contributed by atoms with van der Waals surface area (Å²) in [5.74, 6) is 0.885. The highest BCUT2D eigenvalue weighted by molar-refractivity contribution is 8.31. The Morgan fingerprint density at radius 2 is 2.06 bits per heavy atom. The molecule has 6 heteroatoms. The third kappa shape index (κ3) is 2.95. The zero-order valence-corrected chi connectivity index (χ0v) is 10.8. The van der Waals surface area contributed by atoms with Crippen LogP contribution in [-0.2, 0) is 19.7 Å². The van der Waals surface area contributed by atoms with Gasteiger partial charge in [-0.15, -0.1) is 0 Å². The molecule has 0 bridgehead atoms. The largest absolute Gasteiger partial charge is 0.478 e. The van der Waals surface area contributed by atoms with Gasteiger partial charge in [0.2, 0.25) is 0 Å². The third-order valence-electron chi connectivity index (χ3n) is 2.73. The van der Waals surface area contributed by atoms with E-state index in [0.717, 1.165) is 30.3 Å². The fraction of sp³-hybridized carbons (Fsp3) is 0.364. The molecule has 92 valence electrons. The lowest BCUT2D eigenvalue weighted by atomic mass is 10.2. The van der Waals surface area contributed by atoms with Crippen molar-refractivity contribution in [3.8, 4) is 0 Å². The Balaban J connectivity index is 2.15. The molecule has 1 heterocycles. The fourth-order valence-electron chi connectivity index (χ4n) is 1.80. The topological polar surface area (TPSA) is 57.6 Å². The Bertz CT molecular complexity index is 487. The normalized spacial score (nSPS) is 16.8. The van der Waals surface area contributed by atoms with Crippen LogP contribution in [0.25, 0.3) is 0 Å². The Hall–Kier alpha value is -1.14. The van der Waals surface area contributed by atoms with Crippen LogP contribution in [0.4, 0.5) is 5.69 Å². The van der Waals surface area contributed by atoms with Gasteiger partial charge in [-0.2, -0.15) is 0 Å². The van der Waals surface area contributed by atoms with E-state index in [4.69, 9.17) is 5.11 Å². The molecular weight excluding hydrogens is 258 g/mol. The molecule has 0 unspecified atom stereocenters. The predicted octanol–water partition coefficient (Wildman–Crippen LogP) is 0.951. The molecule has 0 radical (unpaired) electrons. The van der Waals surface area contributed by atoms with E-state index in [1.54, 1.807) is 18.2 Å². The van der Waals surface area contributed by atoms with E-state index in [1.807, 2.05) is 6.07 Å². The van der Waals surface area contributed by atoms with Gasteiger partial charge in [-0.25, -0.2) is 9.00 Å². The lowest BCUT2D eigenvalue weighted by molar-refractivity contribution is 0.0697. The minimum atomic E-state index is -0.904. The molecule has 0 atom stereocenters. The van der Waals surface area contributed by atoms with Gasteiger partial charge in [-0.05, 0) is 18.2 Å². The molecule has 1 aliphatic heterocycles. The van der Waals surface area contributed by atoms with Crippen molar-refractivity contribution in [3.05, 3.63) is 29.8 Å². The van der Waals surface area contributed by atoms with Gasteiger partial charge in [0, 0.05) is 30.3 Å². The van der Waals surface area contributed by atoms with Crippen molar-refractivity contribution in [3.63, 3.8) is 0 Å². The maximum absolute atomic E-state index is 10.9. The van der Waals surface area contributed by atoms with E-state index in [-0.39, 0.29) is 9.45 Å². The lowest BCUT2D eigenvalue weighted by Gasteiger charge is -2.29. The Morgan fingerprint density at radius 1 is 1.35 bits per heavy atom. The molecular formula is C11H13NO3S2. The molecule has 0 saturated carbocycles. The summed E-state index contributed by atoms with van der Waals surface area (Å²) in [5, 5.41) is 8.93. The molecule has 1 aromatic carbocycles. The fourth-order valence-corrected chi connectivity index (χ4v) is 3.84. The van der Waals surface area contributed by atoms with Gasteiger partial charge < -0.3 is 10.0 Å². The van der Waals surface area contributed by atoms with Crippen molar-refractivity contribution in [2.75, 3.05) is 29.5 Å². The third-order valence-corrected chi connectivity index (χ3v) is 5.78. The summed E-state index contributed by atoms with van der Waals surface area (Å²) in [6, 6.07) is 6.96. The maximum Gasteiger partial charge on any atom is 0.335 e. The van der Waals surface area contributed by atoms with Crippen molar-refractivity contribution in [1.29, 1.82) is 0 Å². The van der Waals surface area contributed by atoms with Crippen molar-refractivity contribution in [1.82, 2.24) is 0 Å². The van der Waals surface area contributed by atoms with Gasteiger partial charge in [0.05, 0.1) is 5.56 Å². The van der Waals surface area contributed by atoms with Crippen molar-refractivity contribution in [2.24, 2.45) is 0 Å². The molecule has 0 spiro atoms. The average molecular weight is 271 g/mol. The number of anilines is 1. The summed E-state index contributed by atoms with van der Waals surface area (Å²) in [4.78, 5) is 13.0. The van der Waals surface area contributed by atoms with Gasteiger partial charge in [-0.3, -0.25) is 0 Å². The van der Waals surface area contributed by atoms with Crippen LogP contribution in [0, 0.1) is 0 Å². The molecule has 17 heavy (non-hydrogen) atoms. The van der Waals surface area contributed by atoms with E-state index in [2.05, 4.69) is 4.90 Å². The number of nitrogens with zero attached hydrogens (tertiary/aromatic N) is 1. The van der Waals surface area contributed by atoms with Crippen LogP contribution in [0.15, 0.2) is 24.3 Å². The molecule has 1 N–H and O–H groups in total. The Kier molecular flexibility index (Phi) is 3.96. The molecule has 1 saturated heterocycles. The zero-order chi connectivity index (χ0) is 12.3. The highest BCUT2D eigenvalue weighted by Gasteiger charge is 2.15. The minimum Gasteiger partial charge on any atom is -0.478 e. The molecule has 1 aromatic rings. The number of hydrogen-bond donors (Lipinski definition) is 1. The molecule has 0 amide bonds. The van der Waals surface area contributed by atoms with Crippen molar-refractivity contribution >= 4 is 31.3 Å². The Morgan fingerprint density at radius 3 is 2.65 bits per heavy atom. The average Bonchev–Trinajstić information content (AvgIpc) is 2.39. The quantitative estimate of drug-likeness (QED) is 0.870. The first kappa shape index (κ1) is 12.3. The summed E-state index contributed by atoms with van der Waals surface area (Å²) in [5.41, 5.74) is 1.24. The van der Waals surface area contributed by atoms with Gasteiger partial charge in [0.25, 0.3) is 0 Å². The van der Waals surface area contributed by atoms with Crippen LogP contribution in [0.1, 0.15) is 10.4 Å². The number of rotatable bonds is 2. The molecule has 1 aliphatic rings. The van der Waals surface area contributed by atoms with Crippen LogP contribution in [-0.4, -0.2) is 39.9 Å². The summed E-state index contributed by atoms with van der Waals surface area (Å²) in [7, 11) is 0.651. The zero-order valence-electron chi connectivity index (χ0n) is 9.17. The second-order valence-electron chi connectivity index (χ2n) is 3.76. The van der Waals surface area contributed by atoms with Crippen LogP contribution >= 0.6 is 0 Å². The summed E-state index contributed by atoms with van der Waals surface area (Å²) in [6.45, 7) is 1.67. The highest BCUT2D eigenvalue weighted by atomic mass is 32.8. The van der Waals surface area contributed by atoms with Gasteiger partial charge >= 0.3 is 5.97 Å². The second-order valence-corrected chi connectivity index (χ2v) is 7.41. The van der Waals surface area contributed by atoms with Crippen molar-refractivity contribution < 1.29 is 14.1 Å². The molecule has 2 rings (SSSR count). The number of benzene rings is 1. The summed E-state index contributed by atoms with van der Waals surface area (Å²) >= 11 is 0. The van der Waals surface area contributed by atoms with E-state index >= 15 is 0 Å². The monoisotopic (exact) mass is 271 g/mol. The van der Waals surface area contributed by atoms with Crippen molar-refractivity contribution in [2.45, 2.75) is 0 Å². The van der Waals surface area contributed by atoms with E-state index in [1.165, 1.54) is 0 Å². The molecule has 0 aromatic heterocycles. The van der Waals surface area contributed by atoms with Gasteiger partial charge in [0.15, 0.2) is 0 Å². The van der Waals surface area contributed by atoms with Crippen LogP contribution in [0.2, 0.25) is 0 Å². The first-order valence-electron chi connectivity index (χ1n) is 5.27. The Labute approximate surface area is 105 Å². The second kappa shape index (κ2) is 5.46. The van der Waals surface area contributed by atoms with E-state index in [0.29, 0.717) is 15.8 Å². The predicted molar refractivity (Wildman–Crippen MR) is 70.9 cm³/mol. The first-order chi connectivity index (χ1) is 8.20. The van der Waals surface area contributed by atoms with Crippen LogP contribution in [0.5, 0.6) is 0 Å². The number of carboxylic acid groups (broad SMARTS) is 1. The number of carboxylic acids is 1. The summed E-state index contributed by atoms with van der Waals surface area (Å²) in [6.07, 6.45) is 0. The first-order valence-corrected chi connectivity index (χ1v) is 8.09. The van der Waals surface area contributed by atoms with Crippen LogP contribution < -0.4 is 4.90 Å². The minimum absolute atomic E-state index is 0.0571. The highest BCUT2D eigenvalue weighted by Crippen LogP contribution is 2.18. The van der Waals surface area contributed by atoms with E-state index < -0.39 is 5.97 Å². The summed E-state index contributed by atoms with van der Waals surface area (Å²) < 4.78 is 10.7. The molecule has 4 nitrogen and oxygen atoms in total. The number of aromatic carboxylic acids is 1. The SMILES string of the molecule is O=S=S1CCN(c2cccc(C(=O)O)c2)CC1.